The summed E-state index contributed by atoms with van der Waals surface area (Å²) in [4.78, 5) is 11.7. The van der Waals surface area contributed by atoms with Gasteiger partial charge in [0.25, 0.3) is 0 Å². The third-order valence-electron chi connectivity index (χ3n) is 2.30. The van der Waals surface area contributed by atoms with E-state index in [4.69, 9.17) is 4.42 Å². The molecule has 2 nitrogen and oxygen atoms in total. The van der Waals surface area contributed by atoms with Crippen molar-refractivity contribution in [3.8, 4) is 0 Å². The molecule has 0 atom stereocenters. The molecular weight excluding hydrogens is 188 g/mol. The van der Waals surface area contributed by atoms with E-state index in [-0.39, 0.29) is 5.43 Å². The summed E-state index contributed by atoms with van der Waals surface area (Å²) in [5, 5.41) is 0.657. The SMILES string of the molecule is CC(C)Cc1cc(=O)c2ccccc2o1. The molecule has 1 heterocycles. The molecule has 0 bridgehead atoms. The van der Waals surface area contributed by atoms with E-state index in [0.29, 0.717) is 16.9 Å². The third-order valence-corrected chi connectivity index (χ3v) is 2.30. The lowest BCUT2D eigenvalue weighted by Crippen LogP contribution is -2.04. The summed E-state index contributed by atoms with van der Waals surface area (Å²) in [5.41, 5.74) is 0.730. The quantitative estimate of drug-likeness (QED) is 0.749. The van der Waals surface area contributed by atoms with Gasteiger partial charge in [0.15, 0.2) is 5.43 Å². The zero-order chi connectivity index (χ0) is 10.8. The molecule has 0 N–H and O–H groups in total. The van der Waals surface area contributed by atoms with E-state index in [9.17, 15) is 4.79 Å². The molecule has 0 aliphatic carbocycles. The molecule has 15 heavy (non-hydrogen) atoms. The zero-order valence-corrected chi connectivity index (χ0v) is 8.99. The molecule has 0 radical (unpaired) electrons. The van der Waals surface area contributed by atoms with E-state index in [1.807, 2.05) is 18.2 Å². The minimum absolute atomic E-state index is 0.0486. The maximum Gasteiger partial charge on any atom is 0.192 e. The van der Waals surface area contributed by atoms with Crippen LogP contribution in [0.1, 0.15) is 19.6 Å². The average Bonchev–Trinajstić information content (AvgIpc) is 2.16. The van der Waals surface area contributed by atoms with Gasteiger partial charge in [0, 0.05) is 12.5 Å². The molecule has 1 aromatic carbocycles. The predicted molar refractivity (Wildman–Crippen MR) is 61.0 cm³/mol. The summed E-state index contributed by atoms with van der Waals surface area (Å²) in [6.45, 7) is 4.21. The van der Waals surface area contributed by atoms with Gasteiger partial charge in [-0.2, -0.15) is 0 Å². The molecule has 2 aromatic rings. The van der Waals surface area contributed by atoms with Crippen molar-refractivity contribution < 1.29 is 4.42 Å². The van der Waals surface area contributed by atoms with Crippen LogP contribution in [0, 0.1) is 5.92 Å². The van der Waals surface area contributed by atoms with Crippen LogP contribution < -0.4 is 5.43 Å². The fourth-order valence-corrected chi connectivity index (χ4v) is 1.66. The Morgan fingerprint density at radius 1 is 1.27 bits per heavy atom. The molecule has 0 amide bonds. The number of rotatable bonds is 2. The molecule has 1 aromatic heterocycles. The highest BCUT2D eigenvalue weighted by molar-refractivity contribution is 5.76. The Kier molecular flexibility index (Phi) is 2.58. The largest absolute Gasteiger partial charge is 0.461 e. The Morgan fingerprint density at radius 3 is 2.73 bits per heavy atom. The van der Waals surface area contributed by atoms with Gasteiger partial charge >= 0.3 is 0 Å². The standard InChI is InChI=1S/C13H14O2/c1-9(2)7-10-8-12(14)11-5-3-4-6-13(11)15-10/h3-6,8-9H,7H2,1-2H3. The van der Waals surface area contributed by atoms with Gasteiger partial charge in [0.2, 0.25) is 0 Å². The van der Waals surface area contributed by atoms with E-state index in [1.54, 1.807) is 12.1 Å². The van der Waals surface area contributed by atoms with Crippen molar-refractivity contribution in [1.82, 2.24) is 0 Å². The summed E-state index contributed by atoms with van der Waals surface area (Å²) in [5.74, 6) is 1.27. The molecule has 0 spiro atoms. The highest BCUT2D eigenvalue weighted by Crippen LogP contribution is 2.14. The minimum Gasteiger partial charge on any atom is -0.461 e. The summed E-state index contributed by atoms with van der Waals surface area (Å²) < 4.78 is 5.65. The van der Waals surface area contributed by atoms with Gasteiger partial charge in [0.1, 0.15) is 11.3 Å². The molecule has 0 saturated carbocycles. The Bertz CT molecular complexity index is 523. The van der Waals surface area contributed by atoms with E-state index >= 15 is 0 Å². The minimum atomic E-state index is 0.0486. The van der Waals surface area contributed by atoms with Crippen LogP contribution in [0.3, 0.4) is 0 Å². The number of hydrogen-bond donors (Lipinski definition) is 0. The fraction of sp³-hybridized carbons (Fsp3) is 0.308. The van der Waals surface area contributed by atoms with Crippen LogP contribution in [0.4, 0.5) is 0 Å². The first-order valence-corrected chi connectivity index (χ1v) is 5.18. The molecule has 0 aliphatic rings. The van der Waals surface area contributed by atoms with E-state index in [2.05, 4.69) is 13.8 Å². The summed E-state index contributed by atoms with van der Waals surface area (Å²) in [7, 11) is 0. The maximum absolute atomic E-state index is 11.7. The summed E-state index contributed by atoms with van der Waals surface area (Å²) in [6, 6.07) is 8.95. The molecule has 0 saturated heterocycles. The van der Waals surface area contributed by atoms with Crippen LogP contribution in [0.15, 0.2) is 39.5 Å². The molecule has 0 aliphatic heterocycles. The first kappa shape index (κ1) is 9.97. The molecule has 78 valence electrons. The van der Waals surface area contributed by atoms with Gasteiger partial charge in [-0.1, -0.05) is 26.0 Å². The normalized spacial score (nSPS) is 11.1. The highest BCUT2D eigenvalue weighted by atomic mass is 16.3. The summed E-state index contributed by atoms with van der Waals surface area (Å²) in [6.07, 6.45) is 0.806. The Labute approximate surface area is 88.5 Å². The first-order valence-electron chi connectivity index (χ1n) is 5.18. The highest BCUT2D eigenvalue weighted by Gasteiger charge is 2.05. The van der Waals surface area contributed by atoms with Crippen molar-refractivity contribution >= 4 is 11.0 Å². The van der Waals surface area contributed by atoms with Crippen molar-refractivity contribution in [3.63, 3.8) is 0 Å². The van der Waals surface area contributed by atoms with Crippen molar-refractivity contribution in [2.75, 3.05) is 0 Å². The number of fused-ring (bicyclic) bond motifs is 1. The lowest BCUT2D eigenvalue weighted by atomic mass is 10.1. The Balaban J connectivity index is 2.57. The summed E-state index contributed by atoms with van der Waals surface area (Å²) >= 11 is 0. The predicted octanol–water partition coefficient (Wildman–Crippen LogP) is 2.99. The van der Waals surface area contributed by atoms with Gasteiger partial charge in [-0.3, -0.25) is 4.79 Å². The monoisotopic (exact) mass is 202 g/mol. The van der Waals surface area contributed by atoms with Crippen LogP contribution in [0.5, 0.6) is 0 Å². The average molecular weight is 202 g/mol. The lowest BCUT2D eigenvalue weighted by Gasteiger charge is -2.04. The first-order chi connectivity index (χ1) is 7.16. The second-order valence-corrected chi connectivity index (χ2v) is 4.17. The third kappa shape index (κ3) is 2.09. The van der Waals surface area contributed by atoms with E-state index in [1.165, 1.54) is 0 Å². The van der Waals surface area contributed by atoms with Gasteiger partial charge < -0.3 is 4.42 Å². The fourth-order valence-electron chi connectivity index (χ4n) is 1.66. The molecule has 0 unspecified atom stereocenters. The number of para-hydroxylation sites is 1. The van der Waals surface area contributed by atoms with Crippen molar-refractivity contribution in [3.05, 3.63) is 46.3 Å². The van der Waals surface area contributed by atoms with Crippen LogP contribution in [-0.2, 0) is 6.42 Å². The number of benzene rings is 1. The Hall–Kier alpha value is -1.57. The lowest BCUT2D eigenvalue weighted by molar-refractivity contribution is 0.489. The topological polar surface area (TPSA) is 30.2 Å². The van der Waals surface area contributed by atoms with Crippen molar-refractivity contribution in [1.29, 1.82) is 0 Å². The van der Waals surface area contributed by atoms with E-state index < -0.39 is 0 Å². The maximum atomic E-state index is 11.7. The van der Waals surface area contributed by atoms with Crippen LogP contribution in [0.25, 0.3) is 11.0 Å². The van der Waals surface area contributed by atoms with Gasteiger partial charge in [0.05, 0.1) is 5.39 Å². The molecular formula is C13H14O2. The number of hydrogen-bond acceptors (Lipinski definition) is 2. The zero-order valence-electron chi connectivity index (χ0n) is 8.99. The van der Waals surface area contributed by atoms with Gasteiger partial charge in [-0.25, -0.2) is 0 Å². The van der Waals surface area contributed by atoms with Gasteiger partial charge in [-0.05, 0) is 18.1 Å². The smallest absolute Gasteiger partial charge is 0.192 e. The van der Waals surface area contributed by atoms with Crippen LogP contribution in [0.2, 0.25) is 0 Å². The second-order valence-electron chi connectivity index (χ2n) is 4.17. The van der Waals surface area contributed by atoms with Crippen LogP contribution in [-0.4, -0.2) is 0 Å². The van der Waals surface area contributed by atoms with Gasteiger partial charge in [-0.15, -0.1) is 0 Å². The molecule has 2 heteroatoms. The second kappa shape index (κ2) is 3.89. The van der Waals surface area contributed by atoms with Crippen molar-refractivity contribution in [2.24, 2.45) is 5.92 Å². The molecule has 0 fully saturated rings. The molecule has 2 rings (SSSR count). The van der Waals surface area contributed by atoms with E-state index in [0.717, 1.165) is 12.2 Å². The van der Waals surface area contributed by atoms with Crippen molar-refractivity contribution in [2.45, 2.75) is 20.3 Å². The Morgan fingerprint density at radius 2 is 2.00 bits per heavy atom. The van der Waals surface area contributed by atoms with Crippen LogP contribution >= 0.6 is 0 Å².